The van der Waals surface area contributed by atoms with Crippen molar-refractivity contribution in [3.63, 3.8) is 0 Å². The highest BCUT2D eigenvalue weighted by Crippen LogP contribution is 2.38. The highest BCUT2D eigenvalue weighted by atomic mass is 32.2. The summed E-state index contributed by atoms with van der Waals surface area (Å²) < 4.78 is 70.2. The Labute approximate surface area is 596 Å². The lowest BCUT2D eigenvalue weighted by molar-refractivity contribution is 0.585. The summed E-state index contributed by atoms with van der Waals surface area (Å²) in [6.07, 6.45) is 9.24. The van der Waals surface area contributed by atoms with Gasteiger partial charge in [0.05, 0.1) is 40.5 Å². The first-order chi connectivity index (χ1) is 49.8. The van der Waals surface area contributed by atoms with Crippen LogP contribution in [0.1, 0.15) is 44.4 Å². The number of nitrogens with one attached hydrogen (secondary N) is 2. The van der Waals surface area contributed by atoms with E-state index in [9.17, 15) is 16.8 Å². The molecule has 6 heterocycles. The summed E-state index contributed by atoms with van der Waals surface area (Å²) in [6.45, 7) is 19.5. The highest BCUT2D eigenvalue weighted by Gasteiger charge is 2.22. The van der Waals surface area contributed by atoms with Crippen molar-refractivity contribution in [3.8, 4) is 34.4 Å². The number of hydrogen-bond donors (Lipinski definition) is 2. The van der Waals surface area contributed by atoms with Crippen LogP contribution in [0.5, 0.6) is 0 Å². The summed E-state index contributed by atoms with van der Waals surface area (Å²) in [5, 5.41) is 8.30. The lowest BCUT2D eigenvalue weighted by atomic mass is 10.0. The minimum Gasteiger partial charge on any atom is -0.453 e. The largest absolute Gasteiger partial charge is 0.453 e. The van der Waals surface area contributed by atoms with Gasteiger partial charge < -0.3 is 28.0 Å². The molecule has 6 aromatic carbocycles. The fourth-order valence-electron chi connectivity index (χ4n) is 12.8. The third-order valence-corrected chi connectivity index (χ3v) is 19.2. The maximum atomic E-state index is 11.5. The van der Waals surface area contributed by atoms with Crippen LogP contribution in [-0.4, -0.2) is 112 Å². The van der Waals surface area contributed by atoms with Gasteiger partial charge in [-0.05, 0) is 120 Å². The predicted octanol–water partition coefficient (Wildman–Crippen LogP) is 14.7. The summed E-state index contributed by atoms with van der Waals surface area (Å²) in [6, 6.07) is 57.5. The fourth-order valence-corrected chi connectivity index (χ4v) is 13.7. The van der Waals surface area contributed by atoms with Gasteiger partial charge in [0, 0.05) is 157 Å². The van der Waals surface area contributed by atoms with Crippen LogP contribution in [-0.2, 0) is 20.0 Å². The molecule has 2 N–H and O–H groups in total. The van der Waals surface area contributed by atoms with Gasteiger partial charge in [0.15, 0.2) is 45.7 Å². The molecule has 6 aliphatic rings. The van der Waals surface area contributed by atoms with Crippen LogP contribution in [0.2, 0.25) is 0 Å². The zero-order chi connectivity index (χ0) is 71.9. The molecule has 0 amide bonds. The Kier molecular flexibility index (Phi) is 20.7. The van der Waals surface area contributed by atoms with Crippen LogP contribution in [0.15, 0.2) is 229 Å². The number of hydrogen-bond acceptors (Lipinski definition) is 19. The van der Waals surface area contributed by atoms with Crippen molar-refractivity contribution in [2.24, 2.45) is 15.0 Å². The van der Waals surface area contributed by atoms with Crippen LogP contribution in [0.4, 0.5) is 34.4 Å². The lowest BCUT2D eigenvalue weighted by Crippen LogP contribution is -2.34. The first-order valence-electron chi connectivity index (χ1n) is 34.1. The highest BCUT2D eigenvalue weighted by molar-refractivity contribution is 7.89. The molecule has 522 valence electrons. The van der Waals surface area contributed by atoms with Crippen LogP contribution >= 0.6 is 0 Å². The second-order valence-electron chi connectivity index (χ2n) is 24.9. The van der Waals surface area contributed by atoms with Gasteiger partial charge in [-0.25, -0.2) is 66.2 Å². The Bertz CT molecular complexity index is 5720. The maximum absolute atomic E-state index is 11.5. The molecule has 0 saturated heterocycles. The van der Waals surface area contributed by atoms with E-state index in [4.69, 9.17) is 43.2 Å². The summed E-state index contributed by atoms with van der Waals surface area (Å²) in [4.78, 5) is 48.8. The normalized spacial score (nSPS) is 12.5. The quantitative estimate of drug-likeness (QED) is 0.0598. The van der Waals surface area contributed by atoms with Crippen molar-refractivity contribution >= 4 is 120 Å². The number of sulfonamides is 2. The molecule has 103 heavy (non-hydrogen) atoms. The first kappa shape index (κ1) is 70.1. The van der Waals surface area contributed by atoms with Crippen molar-refractivity contribution in [2.75, 3.05) is 79.6 Å². The Morgan fingerprint density at radius 2 is 0.748 bits per heavy atom. The third kappa shape index (κ3) is 15.9. The lowest BCUT2D eigenvalue weighted by Gasteiger charge is -2.24. The van der Waals surface area contributed by atoms with Gasteiger partial charge in [-0.15, -0.1) is 0 Å². The Hall–Kier alpha value is -11.4. The first-order valence-corrected chi connectivity index (χ1v) is 37.9. The molecule has 3 aliphatic carbocycles. The number of pyridine rings is 3. The summed E-state index contributed by atoms with van der Waals surface area (Å²) in [5.74, 6) is 3.28. The molecule has 0 fully saturated rings. The molecular weight excluding hydrogens is 1330 g/mol. The molecule has 0 radical (unpaired) electrons. The van der Waals surface area contributed by atoms with E-state index in [1.165, 1.54) is 0 Å². The van der Waals surface area contributed by atoms with Crippen LogP contribution in [0.25, 0.3) is 100.0 Å². The van der Waals surface area contributed by atoms with Gasteiger partial charge in [0.1, 0.15) is 33.6 Å². The number of aryl methyl sites for hydroxylation is 3. The monoisotopic (exact) mass is 1410 g/mol. The molecule has 9 aromatic rings. The topological polar surface area (TPSA) is 256 Å². The van der Waals surface area contributed by atoms with Gasteiger partial charge in [0.2, 0.25) is 20.0 Å². The zero-order valence-corrected chi connectivity index (χ0v) is 60.4. The minimum absolute atomic E-state index is 0.321. The van der Waals surface area contributed by atoms with Gasteiger partial charge >= 0.3 is 0 Å². The molecule has 23 heteroatoms. The molecule has 0 spiro atoms. The third-order valence-electron chi connectivity index (χ3n) is 17.7. The Balaban J connectivity index is 0.000000138. The van der Waals surface area contributed by atoms with Crippen molar-refractivity contribution in [1.29, 1.82) is 0 Å². The minimum atomic E-state index is -3.24. The van der Waals surface area contributed by atoms with Gasteiger partial charge in [0.25, 0.3) is 0 Å². The molecule has 3 aliphatic heterocycles. The fraction of sp³-hybridized carbons (Fsp3) is 0.212. The number of fused-ring (bicyclic) bond motifs is 12. The van der Waals surface area contributed by atoms with Crippen LogP contribution in [0, 0.1) is 20.8 Å². The summed E-state index contributed by atoms with van der Waals surface area (Å²) in [7, 11) is -6.48. The molecule has 15 rings (SSSR count). The molecule has 0 atom stereocenters. The number of anilines is 3. The Morgan fingerprint density at radius 3 is 1.08 bits per heavy atom. The van der Waals surface area contributed by atoms with E-state index in [-0.39, 0.29) is 0 Å². The van der Waals surface area contributed by atoms with E-state index in [1.54, 1.807) is 24.8 Å². The summed E-state index contributed by atoms with van der Waals surface area (Å²) >= 11 is 0. The van der Waals surface area contributed by atoms with E-state index in [1.807, 2.05) is 167 Å². The molecule has 0 unspecified atom stereocenters. The van der Waals surface area contributed by atoms with Crippen LogP contribution < -0.4 is 40.2 Å². The maximum Gasteiger partial charge on any atom is 0.208 e. The van der Waals surface area contributed by atoms with Gasteiger partial charge in [-0.3, -0.25) is 4.98 Å². The number of rotatable bonds is 18. The van der Waals surface area contributed by atoms with E-state index in [0.717, 1.165) is 171 Å². The zero-order valence-electron chi connectivity index (χ0n) is 58.8. The standard InChI is InChI=1S/2C27H27N5O3S.C26H24N4O/c1-4-32(13-12-29-36(3,33)34)20-14-18(2)26-24(15-20)35-25-16-23(30-19-8-7-11-28-17-19)21-9-5-6-10-22(21)27(25)31-26;1-4-32(14-13-29-36(3,33)34)19-15-18(2)26-23(16-19)35-24-17-22(30-25-11-7-8-12-28-25)20-9-5-6-10-21(20)27(24)31-26;1-4-30(5-2)18-14-17(3)25-22(15-18)31-23-16-21(28-24-12-8-9-13-27-24)19-10-6-7-11-20(19)26(23)29-25/h5-11,14-17,29H,4,12-13H2,1-3H3;5-12,15-17,29H,4,13-14H2,1-3H3;6-16H,4-5H2,1-3H3. The average Bonchev–Trinajstić information content (AvgIpc) is 0.762. The molecule has 3 aromatic heterocycles. The van der Waals surface area contributed by atoms with E-state index in [2.05, 4.69) is 96.3 Å². The van der Waals surface area contributed by atoms with E-state index < -0.39 is 20.0 Å². The van der Waals surface area contributed by atoms with E-state index in [0.29, 0.717) is 60.5 Å². The van der Waals surface area contributed by atoms with Crippen molar-refractivity contribution in [1.82, 2.24) is 39.3 Å². The molecule has 0 bridgehead atoms. The predicted molar refractivity (Wildman–Crippen MR) is 412 cm³/mol. The molecule has 21 nitrogen and oxygen atoms in total. The SMILES string of the molecule is CCN(CC)c1cc(C)c2nc3c4ccccc4c(=Nc4ccccn4)cc-3oc2c1.CCN(CCNS(C)(=O)=O)c1cc(C)c2nc3c4ccccc4c(=Nc4ccccn4)cc-3oc2c1.CCN(CCNS(C)(=O)=O)c1cc(C)c2nc3c4ccccc4c(=Nc4cccnc4)cc-3oc2c1. The van der Waals surface area contributed by atoms with Gasteiger partial charge in [-0.2, -0.15) is 0 Å². The summed E-state index contributed by atoms with van der Waals surface area (Å²) in [5.41, 5.74) is 13.9. The van der Waals surface area contributed by atoms with Crippen LogP contribution in [0.3, 0.4) is 0 Å². The molecule has 0 saturated carbocycles. The van der Waals surface area contributed by atoms with Crippen molar-refractivity contribution < 1.29 is 30.1 Å². The van der Waals surface area contributed by atoms with Crippen molar-refractivity contribution in [3.05, 3.63) is 233 Å². The number of likely N-dealkylation sites (N-methyl/N-ethyl adjacent to an activating group) is 2. The van der Waals surface area contributed by atoms with Crippen molar-refractivity contribution in [2.45, 2.75) is 48.5 Å². The smallest absolute Gasteiger partial charge is 0.208 e. The average molecular weight is 1410 g/mol. The second kappa shape index (κ2) is 30.5. The van der Waals surface area contributed by atoms with Gasteiger partial charge in [-0.1, -0.05) is 84.9 Å². The number of benzene rings is 9. The second-order valence-corrected chi connectivity index (χ2v) is 28.6. The van der Waals surface area contributed by atoms with E-state index >= 15 is 0 Å². The Morgan fingerprint density at radius 1 is 0.398 bits per heavy atom. The number of aromatic nitrogens is 6. The molecular formula is C80H78N14O7S2. The number of nitrogens with zero attached hydrogens (tertiary/aromatic N) is 12.